The van der Waals surface area contributed by atoms with Gasteiger partial charge in [-0.2, -0.15) is 4.80 Å². The van der Waals surface area contributed by atoms with Gasteiger partial charge < -0.3 is 9.73 Å². The number of aryl methyl sites for hydroxylation is 1. The fourth-order valence-corrected chi connectivity index (χ4v) is 4.16. The first-order valence-electron chi connectivity index (χ1n) is 11.3. The Labute approximate surface area is 212 Å². The number of benzene rings is 3. The summed E-state index contributed by atoms with van der Waals surface area (Å²) < 4.78 is 5.74. The molecule has 0 aliphatic rings. The van der Waals surface area contributed by atoms with Crippen molar-refractivity contribution in [2.24, 2.45) is 0 Å². The van der Waals surface area contributed by atoms with Crippen LogP contribution in [0, 0.1) is 0 Å². The van der Waals surface area contributed by atoms with E-state index in [-0.39, 0.29) is 5.76 Å². The zero-order chi connectivity index (χ0) is 24.4. The van der Waals surface area contributed by atoms with E-state index in [1.54, 1.807) is 41.2 Å². The van der Waals surface area contributed by atoms with E-state index in [1.165, 1.54) is 5.56 Å². The molecule has 0 aliphatic heterocycles. The quantitative estimate of drug-likeness (QED) is 0.247. The lowest BCUT2D eigenvalue weighted by Gasteiger charge is -2.05. The van der Waals surface area contributed by atoms with Crippen LogP contribution in [0.5, 0.6) is 0 Å². The van der Waals surface area contributed by atoms with Crippen LogP contribution in [-0.4, -0.2) is 20.9 Å². The van der Waals surface area contributed by atoms with Crippen molar-refractivity contribution in [3.8, 4) is 17.0 Å². The zero-order valence-electron chi connectivity index (χ0n) is 19.0. The molecule has 6 nitrogen and oxygen atoms in total. The fraction of sp³-hybridized carbons (Fsp3) is 0.148. The maximum absolute atomic E-state index is 12.8. The molecule has 0 unspecified atom stereocenters. The molecular formula is C27H22Cl2N4O2. The van der Waals surface area contributed by atoms with Gasteiger partial charge >= 0.3 is 0 Å². The van der Waals surface area contributed by atoms with Crippen LogP contribution < -0.4 is 5.32 Å². The summed E-state index contributed by atoms with van der Waals surface area (Å²) in [5.41, 5.74) is 4.59. The first kappa shape index (κ1) is 23.1. The van der Waals surface area contributed by atoms with E-state index in [1.807, 2.05) is 24.3 Å². The van der Waals surface area contributed by atoms with Crippen molar-refractivity contribution in [3.63, 3.8) is 0 Å². The molecule has 35 heavy (non-hydrogen) atoms. The SMILES string of the molecule is CCCCc1ccc(-n2nc3cc(Cl)c(NC(=O)c4ccc(-c5cccc(Cl)c5)o4)cc3n2)cc1. The highest BCUT2D eigenvalue weighted by Crippen LogP contribution is 2.29. The Balaban J connectivity index is 1.35. The van der Waals surface area contributed by atoms with Gasteiger partial charge in [0.15, 0.2) is 5.76 Å². The third kappa shape index (κ3) is 5.09. The second kappa shape index (κ2) is 9.94. The highest BCUT2D eigenvalue weighted by Gasteiger charge is 2.16. The van der Waals surface area contributed by atoms with Gasteiger partial charge in [-0.1, -0.05) is 60.8 Å². The minimum absolute atomic E-state index is 0.156. The highest BCUT2D eigenvalue weighted by molar-refractivity contribution is 6.34. The normalized spacial score (nSPS) is 11.2. The molecule has 2 aromatic heterocycles. The van der Waals surface area contributed by atoms with Gasteiger partial charge in [-0.25, -0.2) is 0 Å². The molecule has 0 saturated carbocycles. The van der Waals surface area contributed by atoms with Crippen LogP contribution in [0.4, 0.5) is 5.69 Å². The Morgan fingerprint density at radius 1 is 0.971 bits per heavy atom. The van der Waals surface area contributed by atoms with Gasteiger partial charge in [-0.3, -0.25) is 4.79 Å². The molecule has 3 aromatic carbocycles. The molecule has 176 valence electrons. The third-order valence-electron chi connectivity index (χ3n) is 5.64. The average Bonchev–Trinajstić information content (AvgIpc) is 3.51. The number of hydrogen-bond acceptors (Lipinski definition) is 4. The Morgan fingerprint density at radius 3 is 2.49 bits per heavy atom. The van der Waals surface area contributed by atoms with Gasteiger partial charge in [0, 0.05) is 10.6 Å². The second-order valence-corrected chi connectivity index (χ2v) is 9.05. The van der Waals surface area contributed by atoms with Gasteiger partial charge in [-0.05, 0) is 66.9 Å². The van der Waals surface area contributed by atoms with E-state index in [2.05, 4.69) is 34.6 Å². The lowest BCUT2D eigenvalue weighted by Crippen LogP contribution is -2.11. The molecule has 0 bridgehead atoms. The Kier molecular flexibility index (Phi) is 6.57. The number of halogens is 2. The smallest absolute Gasteiger partial charge is 0.291 e. The number of aromatic nitrogens is 3. The van der Waals surface area contributed by atoms with Crippen LogP contribution >= 0.6 is 23.2 Å². The Bertz CT molecular complexity index is 1510. The van der Waals surface area contributed by atoms with Crippen LogP contribution in [0.15, 0.2) is 77.2 Å². The Morgan fingerprint density at radius 2 is 1.74 bits per heavy atom. The molecule has 0 fully saturated rings. The third-order valence-corrected chi connectivity index (χ3v) is 6.19. The van der Waals surface area contributed by atoms with Gasteiger partial charge in [-0.15, -0.1) is 10.2 Å². The summed E-state index contributed by atoms with van der Waals surface area (Å²) in [6.07, 6.45) is 3.38. The molecule has 2 heterocycles. The van der Waals surface area contributed by atoms with Crippen molar-refractivity contribution in [1.82, 2.24) is 15.0 Å². The summed E-state index contributed by atoms with van der Waals surface area (Å²) in [5, 5.41) is 12.9. The molecule has 5 aromatic rings. The number of unbranched alkanes of at least 4 members (excludes halogenated alkanes) is 1. The molecule has 1 amide bonds. The molecule has 8 heteroatoms. The summed E-state index contributed by atoms with van der Waals surface area (Å²) in [7, 11) is 0. The predicted octanol–water partition coefficient (Wildman–Crippen LogP) is 7.58. The number of hydrogen-bond donors (Lipinski definition) is 1. The maximum atomic E-state index is 12.8. The first-order chi connectivity index (χ1) is 17.0. The van der Waals surface area contributed by atoms with Gasteiger partial charge in [0.05, 0.1) is 16.4 Å². The number of carbonyl (C=O) groups is 1. The number of furan rings is 1. The lowest BCUT2D eigenvalue weighted by molar-refractivity contribution is 0.0997. The lowest BCUT2D eigenvalue weighted by atomic mass is 10.1. The van der Waals surface area contributed by atoms with Crippen LogP contribution in [0.25, 0.3) is 28.0 Å². The van der Waals surface area contributed by atoms with Crippen molar-refractivity contribution < 1.29 is 9.21 Å². The Hall–Kier alpha value is -3.61. The number of nitrogens with one attached hydrogen (secondary N) is 1. The summed E-state index contributed by atoms with van der Waals surface area (Å²) in [6.45, 7) is 2.18. The summed E-state index contributed by atoms with van der Waals surface area (Å²) in [5.74, 6) is 0.278. The monoisotopic (exact) mass is 504 g/mol. The van der Waals surface area contributed by atoms with Crippen molar-refractivity contribution in [2.45, 2.75) is 26.2 Å². The molecule has 0 atom stereocenters. The molecule has 5 rings (SSSR count). The van der Waals surface area contributed by atoms with Crippen molar-refractivity contribution in [2.75, 3.05) is 5.32 Å². The topological polar surface area (TPSA) is 73.0 Å². The maximum Gasteiger partial charge on any atom is 0.291 e. The molecule has 0 radical (unpaired) electrons. The van der Waals surface area contributed by atoms with Crippen molar-refractivity contribution >= 4 is 45.8 Å². The van der Waals surface area contributed by atoms with E-state index in [9.17, 15) is 4.79 Å². The number of carbonyl (C=O) groups excluding carboxylic acids is 1. The van der Waals surface area contributed by atoms with Crippen molar-refractivity contribution in [3.05, 3.63) is 94.2 Å². The van der Waals surface area contributed by atoms with Gasteiger partial charge in [0.2, 0.25) is 0 Å². The number of nitrogens with zero attached hydrogens (tertiary/aromatic N) is 3. The van der Waals surface area contributed by atoms with E-state index in [0.29, 0.717) is 32.5 Å². The second-order valence-electron chi connectivity index (χ2n) is 8.21. The predicted molar refractivity (Wildman–Crippen MR) is 140 cm³/mol. The number of anilines is 1. The minimum atomic E-state index is -0.422. The zero-order valence-corrected chi connectivity index (χ0v) is 20.5. The average molecular weight is 505 g/mol. The van der Waals surface area contributed by atoms with Gasteiger partial charge in [0.1, 0.15) is 16.8 Å². The molecular weight excluding hydrogens is 483 g/mol. The highest BCUT2D eigenvalue weighted by atomic mass is 35.5. The largest absolute Gasteiger partial charge is 0.451 e. The van der Waals surface area contributed by atoms with Crippen LogP contribution in [0.3, 0.4) is 0 Å². The molecule has 0 saturated heterocycles. The molecule has 0 spiro atoms. The number of rotatable bonds is 7. The summed E-state index contributed by atoms with van der Waals surface area (Å²) in [6, 6.07) is 22.2. The fourth-order valence-electron chi connectivity index (χ4n) is 3.77. The van der Waals surface area contributed by atoms with Crippen LogP contribution in [0.1, 0.15) is 35.9 Å². The van der Waals surface area contributed by atoms with Crippen molar-refractivity contribution in [1.29, 1.82) is 0 Å². The molecule has 0 aliphatic carbocycles. The van der Waals surface area contributed by atoms with E-state index >= 15 is 0 Å². The minimum Gasteiger partial charge on any atom is -0.451 e. The summed E-state index contributed by atoms with van der Waals surface area (Å²) in [4.78, 5) is 14.4. The van der Waals surface area contributed by atoms with Crippen LogP contribution in [0.2, 0.25) is 10.0 Å². The van der Waals surface area contributed by atoms with E-state index < -0.39 is 5.91 Å². The van der Waals surface area contributed by atoms with E-state index in [4.69, 9.17) is 27.6 Å². The van der Waals surface area contributed by atoms with E-state index in [0.717, 1.165) is 30.5 Å². The number of fused-ring (bicyclic) bond motifs is 1. The number of amides is 1. The van der Waals surface area contributed by atoms with Gasteiger partial charge in [0.25, 0.3) is 5.91 Å². The molecule has 1 N–H and O–H groups in total. The first-order valence-corrected chi connectivity index (χ1v) is 12.1. The summed E-state index contributed by atoms with van der Waals surface area (Å²) >= 11 is 12.5. The standard InChI is InChI=1S/C27H22Cl2N4O2/c1-2-3-5-17-8-10-20(11-9-17)33-31-23-15-21(29)22(16-24(23)32-33)30-27(34)26-13-12-25(35-26)18-6-4-7-19(28)14-18/h4,6-16H,2-3,5H2,1H3,(H,30,34). The van der Waals surface area contributed by atoms with Crippen LogP contribution in [-0.2, 0) is 6.42 Å².